The van der Waals surface area contributed by atoms with Crippen LogP contribution in [-0.2, 0) is 22.5 Å². The van der Waals surface area contributed by atoms with Gasteiger partial charge in [0.25, 0.3) is 5.56 Å². The van der Waals surface area contributed by atoms with Crippen LogP contribution in [0.25, 0.3) is 0 Å². The van der Waals surface area contributed by atoms with Gasteiger partial charge in [0.15, 0.2) is 5.82 Å². The quantitative estimate of drug-likeness (QED) is 0.302. The lowest BCUT2D eigenvalue weighted by molar-refractivity contribution is -0.144. The number of carbonyl (C=O) groups is 1. The molecule has 1 N–H and O–H groups in total. The zero-order valence-electron chi connectivity index (χ0n) is 18.2. The predicted octanol–water partition coefficient (Wildman–Crippen LogP) is 4.28. The van der Waals surface area contributed by atoms with Crippen LogP contribution >= 0.6 is 0 Å². The Balaban J connectivity index is 0.00000385. The Morgan fingerprint density at radius 3 is 2.45 bits per heavy atom. The van der Waals surface area contributed by atoms with Crippen molar-refractivity contribution in [2.24, 2.45) is 0 Å². The Bertz CT molecular complexity index is 1130. The molecule has 3 aromatic rings. The second-order valence-electron chi connectivity index (χ2n) is 7.24. The highest BCUT2D eigenvalue weighted by atomic mass is 16.5. The predicted molar refractivity (Wildman–Crippen MR) is 132 cm³/mol. The highest BCUT2D eigenvalue weighted by Gasteiger charge is 2.13. The minimum atomic E-state index is -0.468. The molecule has 33 heavy (non-hydrogen) atoms. The lowest BCUT2D eigenvalue weighted by Crippen LogP contribution is -2.31. The van der Waals surface area contributed by atoms with Crippen LogP contribution in [0.15, 0.2) is 71.7 Å². The molecule has 0 saturated heterocycles. The van der Waals surface area contributed by atoms with Crippen LogP contribution in [0.1, 0.15) is 44.0 Å². The molecule has 0 radical (unpaired) electrons. The largest absolute Gasteiger partial charge is 0.464 e. The van der Waals surface area contributed by atoms with Crippen LogP contribution in [0.2, 0.25) is 0 Å². The van der Waals surface area contributed by atoms with Gasteiger partial charge in [-0.15, -0.1) is 0 Å². The van der Waals surface area contributed by atoms with Crippen LogP contribution in [0, 0.1) is 11.8 Å². The lowest BCUT2D eigenvalue weighted by Gasteiger charge is -2.12. The Labute approximate surface area is 195 Å². The minimum absolute atomic E-state index is 0. The van der Waals surface area contributed by atoms with Gasteiger partial charge < -0.3 is 10.1 Å². The summed E-state index contributed by atoms with van der Waals surface area (Å²) in [4.78, 5) is 29.6. The van der Waals surface area contributed by atoms with Gasteiger partial charge in [-0.05, 0) is 36.5 Å². The first-order valence-corrected chi connectivity index (χ1v) is 10.8. The fourth-order valence-corrected chi connectivity index (χ4v) is 3.00. The summed E-state index contributed by atoms with van der Waals surface area (Å²) in [7, 11) is 0. The number of benzene rings is 2. The van der Waals surface area contributed by atoms with Crippen molar-refractivity contribution in [2.75, 3.05) is 18.5 Å². The highest BCUT2D eigenvalue weighted by molar-refractivity contribution is 5.69. The molecule has 0 bridgehead atoms. The number of carbonyl (C=O) groups excluding carboxylic acids is 1. The van der Waals surface area contributed by atoms with Crippen molar-refractivity contribution >= 4 is 11.8 Å². The average Bonchev–Trinajstić information content (AvgIpc) is 2.82. The number of anilines is 1. The van der Waals surface area contributed by atoms with Crippen molar-refractivity contribution in [3.8, 4) is 11.8 Å². The topological polar surface area (TPSA) is 73.2 Å². The number of unbranched alkanes of at least 4 members (excludes halogenated alkanes) is 1. The van der Waals surface area contributed by atoms with E-state index in [0.717, 1.165) is 30.4 Å². The van der Waals surface area contributed by atoms with Crippen molar-refractivity contribution in [1.29, 1.82) is 0 Å². The molecule has 0 saturated carbocycles. The van der Waals surface area contributed by atoms with E-state index in [0.29, 0.717) is 18.8 Å². The molecule has 172 valence electrons. The number of ether oxygens (including phenoxy) is 1. The third-order valence-corrected chi connectivity index (χ3v) is 4.76. The number of aromatic nitrogens is 2. The summed E-state index contributed by atoms with van der Waals surface area (Å²) in [6, 6.07) is 19.4. The van der Waals surface area contributed by atoms with Crippen LogP contribution in [0.3, 0.4) is 0 Å². The maximum Gasteiger partial charge on any atom is 0.326 e. The normalized spacial score (nSPS) is 9.85. The van der Waals surface area contributed by atoms with E-state index in [9.17, 15) is 9.59 Å². The molecular weight excluding hydrogens is 414 g/mol. The van der Waals surface area contributed by atoms with E-state index >= 15 is 0 Å². The van der Waals surface area contributed by atoms with E-state index < -0.39 is 11.5 Å². The van der Waals surface area contributed by atoms with Gasteiger partial charge >= 0.3 is 5.97 Å². The fourth-order valence-electron chi connectivity index (χ4n) is 3.00. The molecule has 1 aromatic heterocycles. The fraction of sp³-hybridized carbons (Fsp3) is 0.296. The number of hydrogen-bond acceptors (Lipinski definition) is 5. The van der Waals surface area contributed by atoms with E-state index in [1.165, 1.54) is 10.8 Å². The van der Waals surface area contributed by atoms with Gasteiger partial charge in [-0.1, -0.05) is 75.2 Å². The summed E-state index contributed by atoms with van der Waals surface area (Å²) in [5.74, 6) is 5.70. The zero-order valence-corrected chi connectivity index (χ0v) is 18.2. The molecular formula is C27H31N3O3. The molecule has 3 rings (SSSR count). The van der Waals surface area contributed by atoms with E-state index in [2.05, 4.69) is 22.1 Å². The Hall–Kier alpha value is -3.85. The first-order chi connectivity index (χ1) is 15.7. The van der Waals surface area contributed by atoms with Crippen LogP contribution < -0.4 is 10.9 Å². The first-order valence-electron chi connectivity index (χ1n) is 10.8. The molecule has 0 aliphatic rings. The Kier molecular flexibility index (Phi) is 10.4. The van der Waals surface area contributed by atoms with Gasteiger partial charge in [0, 0.05) is 12.1 Å². The third kappa shape index (κ3) is 7.97. The number of esters is 1. The SMILES string of the molecule is C.CCCCOC(=O)Cn1c(C#Cc2ccccc2)cnc(NCCc2ccccc2)c1=O. The zero-order chi connectivity index (χ0) is 22.6. The first kappa shape index (κ1) is 25.4. The number of nitrogens with zero attached hydrogens (tertiary/aromatic N) is 2. The maximum atomic E-state index is 13.1. The second-order valence-corrected chi connectivity index (χ2v) is 7.24. The van der Waals surface area contributed by atoms with Crippen LogP contribution in [0.5, 0.6) is 0 Å². The number of hydrogen-bond donors (Lipinski definition) is 1. The van der Waals surface area contributed by atoms with Gasteiger partial charge in [-0.2, -0.15) is 0 Å². The van der Waals surface area contributed by atoms with Gasteiger partial charge in [0.2, 0.25) is 0 Å². The smallest absolute Gasteiger partial charge is 0.326 e. The summed E-state index contributed by atoms with van der Waals surface area (Å²) in [6.07, 6.45) is 3.97. The van der Waals surface area contributed by atoms with Crippen LogP contribution in [-0.4, -0.2) is 28.7 Å². The Morgan fingerprint density at radius 1 is 1.06 bits per heavy atom. The average molecular weight is 446 g/mol. The summed E-state index contributed by atoms with van der Waals surface area (Å²) in [5, 5.41) is 3.08. The lowest BCUT2D eigenvalue weighted by atomic mass is 10.1. The van der Waals surface area contributed by atoms with Crippen molar-refractivity contribution in [3.05, 3.63) is 94.0 Å². The Morgan fingerprint density at radius 2 is 1.76 bits per heavy atom. The van der Waals surface area contributed by atoms with E-state index in [1.807, 2.05) is 67.6 Å². The van der Waals surface area contributed by atoms with E-state index in [-0.39, 0.29) is 19.8 Å². The number of rotatable bonds is 9. The molecule has 0 aliphatic heterocycles. The van der Waals surface area contributed by atoms with E-state index in [4.69, 9.17) is 4.74 Å². The molecule has 0 unspecified atom stereocenters. The van der Waals surface area contributed by atoms with Crippen molar-refractivity contribution < 1.29 is 9.53 Å². The van der Waals surface area contributed by atoms with Gasteiger partial charge in [0.05, 0.1) is 12.8 Å². The van der Waals surface area contributed by atoms with Crippen molar-refractivity contribution in [2.45, 2.75) is 40.2 Å². The monoisotopic (exact) mass is 445 g/mol. The molecule has 6 heteroatoms. The number of nitrogens with one attached hydrogen (secondary N) is 1. The molecule has 0 fully saturated rings. The van der Waals surface area contributed by atoms with Crippen molar-refractivity contribution in [3.63, 3.8) is 0 Å². The molecule has 6 nitrogen and oxygen atoms in total. The molecule has 0 spiro atoms. The molecule has 2 aromatic carbocycles. The minimum Gasteiger partial charge on any atom is -0.464 e. The van der Waals surface area contributed by atoms with Gasteiger partial charge in [0.1, 0.15) is 12.2 Å². The molecule has 0 amide bonds. The summed E-state index contributed by atoms with van der Waals surface area (Å²) in [6.45, 7) is 2.69. The maximum absolute atomic E-state index is 13.1. The summed E-state index contributed by atoms with van der Waals surface area (Å²) >= 11 is 0. The summed E-state index contributed by atoms with van der Waals surface area (Å²) < 4.78 is 6.57. The van der Waals surface area contributed by atoms with E-state index in [1.54, 1.807) is 0 Å². The molecule has 0 aliphatic carbocycles. The van der Waals surface area contributed by atoms with Crippen LogP contribution in [0.4, 0.5) is 5.82 Å². The highest BCUT2D eigenvalue weighted by Crippen LogP contribution is 2.04. The molecule has 1 heterocycles. The van der Waals surface area contributed by atoms with Crippen molar-refractivity contribution in [1.82, 2.24) is 9.55 Å². The van der Waals surface area contributed by atoms with Gasteiger partial charge in [-0.3, -0.25) is 14.2 Å². The van der Waals surface area contributed by atoms with Gasteiger partial charge in [-0.25, -0.2) is 4.98 Å². The standard InChI is InChI=1S/C26H27N3O3.CH4/c1-2-3-18-32-24(30)20-29-23(15-14-21-10-6-4-7-11-21)19-28-25(26(29)31)27-17-16-22-12-8-5-9-13-22;/h4-13,19H,2-3,16-18,20H2,1H3,(H,27,28);1H4. The summed E-state index contributed by atoms with van der Waals surface area (Å²) in [5.41, 5.74) is 1.93. The molecule has 0 atom stereocenters. The third-order valence-electron chi connectivity index (χ3n) is 4.76. The second kappa shape index (κ2) is 13.5.